The minimum Gasteiger partial charge on any atom is -0.451 e. The van der Waals surface area contributed by atoms with Crippen LogP contribution in [0, 0.1) is 0 Å². The molecule has 0 saturated carbocycles. The average molecular weight is 403 g/mol. The van der Waals surface area contributed by atoms with Gasteiger partial charge in [-0.05, 0) is 36.4 Å². The summed E-state index contributed by atoms with van der Waals surface area (Å²) in [5, 5.41) is 1.07. The third-order valence-corrected chi connectivity index (χ3v) is 4.98. The molecule has 4 rings (SSSR count). The summed E-state index contributed by atoms with van der Waals surface area (Å²) in [4.78, 5) is 25.1. The number of nitrogens with zero attached hydrogens (tertiary/aromatic N) is 4. The number of amides is 1. The summed E-state index contributed by atoms with van der Waals surface area (Å²) >= 11 is 12.2. The van der Waals surface area contributed by atoms with Crippen LogP contribution in [0.5, 0.6) is 0 Å². The number of hydrogen-bond acceptors (Lipinski definition) is 5. The smallest absolute Gasteiger partial charge is 0.289 e. The first-order valence-electron chi connectivity index (χ1n) is 8.48. The van der Waals surface area contributed by atoms with E-state index in [1.54, 1.807) is 53.7 Å². The van der Waals surface area contributed by atoms with Crippen LogP contribution >= 0.6 is 23.2 Å². The minimum absolute atomic E-state index is 0.145. The molecule has 1 aliphatic heterocycles. The molecule has 0 unspecified atom stereocenters. The van der Waals surface area contributed by atoms with E-state index in [1.165, 1.54) is 0 Å². The second-order valence-electron chi connectivity index (χ2n) is 6.12. The van der Waals surface area contributed by atoms with E-state index in [9.17, 15) is 4.79 Å². The van der Waals surface area contributed by atoms with Crippen LogP contribution in [0.3, 0.4) is 0 Å². The molecule has 6 nitrogen and oxygen atoms in total. The van der Waals surface area contributed by atoms with Gasteiger partial charge in [0.15, 0.2) is 5.76 Å². The predicted molar refractivity (Wildman–Crippen MR) is 104 cm³/mol. The second-order valence-corrected chi connectivity index (χ2v) is 6.96. The number of carbonyl (C=O) groups excluding carboxylic acids is 1. The molecule has 1 saturated heterocycles. The number of piperazine rings is 1. The highest BCUT2D eigenvalue weighted by Crippen LogP contribution is 2.32. The first kappa shape index (κ1) is 17.8. The molecule has 0 spiro atoms. The number of benzene rings is 1. The zero-order valence-corrected chi connectivity index (χ0v) is 15.8. The Morgan fingerprint density at radius 3 is 2.48 bits per heavy atom. The number of halogens is 2. The minimum atomic E-state index is -0.145. The van der Waals surface area contributed by atoms with Gasteiger partial charge in [-0.25, -0.2) is 9.97 Å². The molecule has 3 heterocycles. The Bertz CT molecular complexity index is 953. The van der Waals surface area contributed by atoms with Crippen LogP contribution in [0.25, 0.3) is 11.3 Å². The van der Waals surface area contributed by atoms with Gasteiger partial charge < -0.3 is 14.2 Å². The molecular weight excluding hydrogens is 387 g/mol. The van der Waals surface area contributed by atoms with Gasteiger partial charge in [0.1, 0.15) is 5.76 Å². The third kappa shape index (κ3) is 3.77. The molecule has 3 aromatic rings. The highest BCUT2D eigenvalue weighted by atomic mass is 35.5. The van der Waals surface area contributed by atoms with E-state index in [1.807, 2.05) is 0 Å². The summed E-state index contributed by atoms with van der Waals surface area (Å²) in [5.41, 5.74) is 0.661. The zero-order valence-electron chi connectivity index (χ0n) is 14.3. The van der Waals surface area contributed by atoms with E-state index >= 15 is 0 Å². The van der Waals surface area contributed by atoms with Crippen molar-refractivity contribution in [1.29, 1.82) is 0 Å². The number of rotatable bonds is 3. The Morgan fingerprint density at radius 2 is 1.74 bits per heavy atom. The number of carbonyl (C=O) groups is 1. The van der Waals surface area contributed by atoms with Crippen molar-refractivity contribution in [2.75, 3.05) is 31.1 Å². The first-order valence-corrected chi connectivity index (χ1v) is 9.24. The van der Waals surface area contributed by atoms with Gasteiger partial charge in [-0.1, -0.05) is 23.2 Å². The molecule has 1 fully saturated rings. The van der Waals surface area contributed by atoms with Crippen LogP contribution in [0.2, 0.25) is 10.0 Å². The van der Waals surface area contributed by atoms with E-state index in [-0.39, 0.29) is 11.7 Å². The second kappa shape index (κ2) is 7.58. The van der Waals surface area contributed by atoms with E-state index in [0.29, 0.717) is 53.5 Å². The molecule has 0 bridgehead atoms. The Labute approximate surface area is 166 Å². The molecule has 0 aliphatic carbocycles. The zero-order chi connectivity index (χ0) is 18.8. The van der Waals surface area contributed by atoms with E-state index in [4.69, 9.17) is 27.6 Å². The molecule has 1 amide bonds. The van der Waals surface area contributed by atoms with Crippen molar-refractivity contribution >= 4 is 35.1 Å². The molecule has 0 radical (unpaired) electrons. The average Bonchev–Trinajstić information content (AvgIpc) is 3.20. The quantitative estimate of drug-likeness (QED) is 0.662. The van der Waals surface area contributed by atoms with Crippen molar-refractivity contribution in [2.24, 2.45) is 0 Å². The van der Waals surface area contributed by atoms with Gasteiger partial charge in [-0.3, -0.25) is 4.79 Å². The maximum atomic E-state index is 12.8. The number of aromatic nitrogens is 2. The molecule has 0 N–H and O–H groups in total. The number of hydrogen-bond donors (Lipinski definition) is 0. The molecule has 1 aliphatic rings. The molecule has 27 heavy (non-hydrogen) atoms. The highest BCUT2D eigenvalue weighted by molar-refractivity contribution is 6.35. The van der Waals surface area contributed by atoms with E-state index < -0.39 is 0 Å². The van der Waals surface area contributed by atoms with Crippen LogP contribution in [0.4, 0.5) is 5.95 Å². The van der Waals surface area contributed by atoms with E-state index in [2.05, 4.69) is 14.9 Å². The highest BCUT2D eigenvalue weighted by Gasteiger charge is 2.25. The van der Waals surface area contributed by atoms with E-state index in [0.717, 1.165) is 0 Å². The Morgan fingerprint density at radius 1 is 1.00 bits per heavy atom. The largest absolute Gasteiger partial charge is 0.451 e. The standard InChI is InChI=1S/C19H16Cl2N4O2/c20-13-2-3-15(21)14(12-13)16-4-5-17(27-16)18(26)24-8-10-25(11-9-24)19-22-6-1-7-23-19/h1-7,12H,8-11H2. The predicted octanol–water partition coefficient (Wildman–Crippen LogP) is 4.01. The lowest BCUT2D eigenvalue weighted by Gasteiger charge is -2.34. The maximum absolute atomic E-state index is 12.8. The summed E-state index contributed by atoms with van der Waals surface area (Å²) in [6.07, 6.45) is 3.43. The summed E-state index contributed by atoms with van der Waals surface area (Å²) in [5.74, 6) is 1.33. The SMILES string of the molecule is O=C(c1ccc(-c2cc(Cl)ccc2Cl)o1)N1CCN(c2ncccn2)CC1. The third-order valence-electron chi connectivity index (χ3n) is 4.41. The fraction of sp³-hybridized carbons (Fsp3) is 0.211. The summed E-state index contributed by atoms with van der Waals surface area (Å²) < 4.78 is 5.76. The van der Waals surface area contributed by atoms with Crippen LogP contribution in [0.15, 0.2) is 53.2 Å². The molecule has 2 aromatic heterocycles. The lowest BCUT2D eigenvalue weighted by atomic mass is 10.2. The normalized spacial score (nSPS) is 14.4. The summed E-state index contributed by atoms with van der Waals surface area (Å²) in [6.45, 7) is 2.49. The van der Waals surface area contributed by atoms with Crippen LogP contribution < -0.4 is 4.90 Å². The topological polar surface area (TPSA) is 62.5 Å². The van der Waals surface area contributed by atoms with Gasteiger partial charge in [0.2, 0.25) is 5.95 Å². The van der Waals surface area contributed by atoms with Crippen LogP contribution in [0.1, 0.15) is 10.6 Å². The van der Waals surface area contributed by atoms with Gasteiger partial charge in [-0.15, -0.1) is 0 Å². The van der Waals surface area contributed by atoms with Crippen LogP contribution in [-0.2, 0) is 0 Å². The van der Waals surface area contributed by atoms with Gasteiger partial charge in [0.05, 0.1) is 5.02 Å². The molecule has 0 atom stereocenters. The number of furan rings is 1. The Hall–Kier alpha value is -2.57. The van der Waals surface area contributed by atoms with Gasteiger partial charge in [-0.2, -0.15) is 0 Å². The van der Waals surface area contributed by atoms with Gasteiger partial charge >= 0.3 is 0 Å². The van der Waals surface area contributed by atoms with Gasteiger partial charge in [0.25, 0.3) is 5.91 Å². The van der Waals surface area contributed by atoms with Crippen molar-refractivity contribution in [2.45, 2.75) is 0 Å². The van der Waals surface area contributed by atoms with Crippen LogP contribution in [-0.4, -0.2) is 47.0 Å². The Balaban J connectivity index is 1.45. The van der Waals surface area contributed by atoms with Crippen molar-refractivity contribution in [1.82, 2.24) is 14.9 Å². The molecule has 8 heteroatoms. The van der Waals surface area contributed by atoms with Crippen molar-refractivity contribution in [3.8, 4) is 11.3 Å². The molecular formula is C19H16Cl2N4O2. The van der Waals surface area contributed by atoms with Crippen molar-refractivity contribution in [3.05, 3.63) is 64.6 Å². The Kier molecular flexibility index (Phi) is 5.01. The van der Waals surface area contributed by atoms with Crippen molar-refractivity contribution < 1.29 is 9.21 Å². The van der Waals surface area contributed by atoms with Gasteiger partial charge in [0, 0.05) is 49.2 Å². The summed E-state index contributed by atoms with van der Waals surface area (Å²) in [6, 6.07) is 10.3. The lowest BCUT2D eigenvalue weighted by Crippen LogP contribution is -2.49. The first-order chi connectivity index (χ1) is 13.1. The fourth-order valence-electron chi connectivity index (χ4n) is 3.00. The maximum Gasteiger partial charge on any atom is 0.289 e. The monoisotopic (exact) mass is 402 g/mol. The lowest BCUT2D eigenvalue weighted by molar-refractivity contribution is 0.0715. The fourth-order valence-corrected chi connectivity index (χ4v) is 3.39. The summed E-state index contributed by atoms with van der Waals surface area (Å²) in [7, 11) is 0. The molecule has 1 aromatic carbocycles. The van der Waals surface area contributed by atoms with Crippen molar-refractivity contribution in [3.63, 3.8) is 0 Å². The molecule has 138 valence electrons. The number of anilines is 1.